The van der Waals surface area contributed by atoms with E-state index < -0.39 is 5.97 Å². The van der Waals surface area contributed by atoms with Crippen molar-refractivity contribution < 1.29 is 19.1 Å². The van der Waals surface area contributed by atoms with Gasteiger partial charge in [0.05, 0.1) is 18.2 Å². The van der Waals surface area contributed by atoms with E-state index in [1.807, 2.05) is 0 Å². The molecule has 0 aliphatic heterocycles. The first-order valence-electron chi connectivity index (χ1n) is 6.28. The van der Waals surface area contributed by atoms with Crippen molar-refractivity contribution in [3.05, 3.63) is 72.3 Å². The van der Waals surface area contributed by atoms with Crippen molar-refractivity contribution in [1.82, 2.24) is 0 Å². The quantitative estimate of drug-likeness (QED) is 0.366. The van der Waals surface area contributed by atoms with Crippen LogP contribution in [0.15, 0.2) is 61.2 Å². The van der Waals surface area contributed by atoms with Crippen molar-refractivity contribution in [3.63, 3.8) is 0 Å². The third-order valence-electron chi connectivity index (χ3n) is 2.86. The molecule has 0 saturated carbocycles. The molecule has 106 valence electrons. The first kappa shape index (κ1) is 14.5. The molecule has 0 spiro atoms. The van der Waals surface area contributed by atoms with Crippen molar-refractivity contribution in [3.8, 4) is 11.5 Å². The summed E-state index contributed by atoms with van der Waals surface area (Å²) >= 11 is 0. The van der Waals surface area contributed by atoms with E-state index in [2.05, 4.69) is 6.58 Å². The minimum atomic E-state index is -0.615. The van der Waals surface area contributed by atoms with Gasteiger partial charge >= 0.3 is 5.97 Å². The number of rotatable bonds is 5. The largest absolute Gasteiger partial charge is 0.496 e. The molecule has 0 amide bonds. The van der Waals surface area contributed by atoms with Gasteiger partial charge < -0.3 is 9.47 Å². The van der Waals surface area contributed by atoms with E-state index in [9.17, 15) is 9.59 Å². The van der Waals surface area contributed by atoms with Crippen LogP contribution in [0.25, 0.3) is 0 Å². The van der Waals surface area contributed by atoms with Crippen LogP contribution in [-0.2, 0) is 4.79 Å². The summed E-state index contributed by atoms with van der Waals surface area (Å²) in [6.07, 6.45) is 1.05. The van der Waals surface area contributed by atoms with Crippen LogP contribution < -0.4 is 9.47 Å². The monoisotopic (exact) mass is 282 g/mol. The minimum absolute atomic E-state index is 0.193. The smallest absolute Gasteiger partial charge is 0.335 e. The molecule has 0 aromatic heterocycles. The molecule has 2 rings (SSSR count). The van der Waals surface area contributed by atoms with Gasteiger partial charge in [-0.1, -0.05) is 30.8 Å². The predicted octanol–water partition coefficient (Wildman–Crippen LogP) is 3.02. The van der Waals surface area contributed by atoms with Gasteiger partial charge in [0.15, 0.2) is 0 Å². The van der Waals surface area contributed by atoms with Gasteiger partial charge in [0.1, 0.15) is 11.5 Å². The van der Waals surface area contributed by atoms with E-state index in [0.29, 0.717) is 11.3 Å². The van der Waals surface area contributed by atoms with Crippen LogP contribution in [0.4, 0.5) is 0 Å². The number of ether oxygens (including phenoxy) is 2. The van der Waals surface area contributed by atoms with E-state index in [1.54, 1.807) is 48.5 Å². The lowest BCUT2D eigenvalue weighted by atomic mass is 10.0. The zero-order valence-corrected chi connectivity index (χ0v) is 11.5. The first-order valence-corrected chi connectivity index (χ1v) is 6.28. The Morgan fingerprint density at radius 3 is 2.05 bits per heavy atom. The average Bonchev–Trinajstić information content (AvgIpc) is 2.54. The Balaban J connectivity index is 2.44. The van der Waals surface area contributed by atoms with Crippen LogP contribution in [0.1, 0.15) is 15.9 Å². The van der Waals surface area contributed by atoms with E-state index >= 15 is 0 Å². The summed E-state index contributed by atoms with van der Waals surface area (Å²) in [6.45, 7) is 3.34. The number of methoxy groups -OCH3 is 1. The van der Waals surface area contributed by atoms with Crippen molar-refractivity contribution in [2.45, 2.75) is 0 Å². The third kappa shape index (κ3) is 3.17. The number of hydrogen-bond acceptors (Lipinski definition) is 4. The number of ketones is 1. The SMILES string of the molecule is C=CC(=O)Oc1ccccc1C(=O)c1ccccc1OC. The molecular formula is C17H14O4. The maximum Gasteiger partial charge on any atom is 0.335 e. The van der Waals surface area contributed by atoms with Crippen molar-refractivity contribution >= 4 is 11.8 Å². The fourth-order valence-electron chi connectivity index (χ4n) is 1.87. The van der Waals surface area contributed by atoms with Crippen LogP contribution in [0.2, 0.25) is 0 Å². The lowest BCUT2D eigenvalue weighted by Crippen LogP contribution is -2.10. The molecule has 0 saturated heterocycles. The Hall–Kier alpha value is -2.88. The van der Waals surface area contributed by atoms with Crippen LogP contribution in [-0.4, -0.2) is 18.9 Å². The maximum absolute atomic E-state index is 12.6. The van der Waals surface area contributed by atoms with Crippen molar-refractivity contribution in [1.29, 1.82) is 0 Å². The van der Waals surface area contributed by atoms with Crippen LogP contribution in [0.3, 0.4) is 0 Å². The zero-order valence-electron chi connectivity index (χ0n) is 11.5. The highest BCUT2D eigenvalue weighted by Crippen LogP contribution is 2.26. The first-order chi connectivity index (χ1) is 10.2. The Bertz CT molecular complexity index is 689. The second kappa shape index (κ2) is 6.52. The van der Waals surface area contributed by atoms with Crippen LogP contribution in [0, 0.1) is 0 Å². The molecular weight excluding hydrogens is 268 g/mol. The summed E-state index contributed by atoms with van der Waals surface area (Å²) in [6, 6.07) is 13.4. The topological polar surface area (TPSA) is 52.6 Å². The highest BCUT2D eigenvalue weighted by Gasteiger charge is 2.18. The molecule has 4 heteroatoms. The molecule has 0 aliphatic carbocycles. The lowest BCUT2D eigenvalue weighted by molar-refractivity contribution is -0.128. The van der Waals surface area contributed by atoms with Gasteiger partial charge in [0.2, 0.25) is 5.78 Å². The van der Waals surface area contributed by atoms with Gasteiger partial charge in [0.25, 0.3) is 0 Å². The molecule has 0 bridgehead atoms. The molecule has 0 heterocycles. The summed E-state index contributed by atoms with van der Waals surface area (Å²) in [5.41, 5.74) is 0.694. The maximum atomic E-state index is 12.6. The molecule has 0 aliphatic rings. The summed E-state index contributed by atoms with van der Waals surface area (Å²) in [7, 11) is 1.50. The van der Waals surface area contributed by atoms with E-state index in [4.69, 9.17) is 9.47 Å². The Morgan fingerprint density at radius 1 is 0.952 bits per heavy atom. The standard InChI is InChI=1S/C17H14O4/c1-3-16(18)21-15-11-7-5-9-13(15)17(19)12-8-4-6-10-14(12)20-2/h3-11H,1H2,2H3. The molecule has 4 nitrogen and oxygen atoms in total. The Labute approximate surface area is 122 Å². The molecule has 0 radical (unpaired) electrons. The molecule has 0 fully saturated rings. The summed E-state index contributed by atoms with van der Waals surface area (Å²) in [5, 5.41) is 0. The number of esters is 1. The van der Waals surface area contributed by atoms with E-state index in [-0.39, 0.29) is 17.1 Å². The fourth-order valence-corrected chi connectivity index (χ4v) is 1.87. The molecule has 0 unspecified atom stereocenters. The summed E-state index contributed by atoms with van der Waals surface area (Å²) < 4.78 is 10.3. The minimum Gasteiger partial charge on any atom is -0.496 e. The van der Waals surface area contributed by atoms with Gasteiger partial charge in [-0.15, -0.1) is 0 Å². The van der Waals surface area contributed by atoms with Gasteiger partial charge in [-0.05, 0) is 24.3 Å². The van der Waals surface area contributed by atoms with Crippen LogP contribution >= 0.6 is 0 Å². The molecule has 2 aromatic rings. The second-order valence-corrected chi connectivity index (χ2v) is 4.15. The number of carbonyl (C=O) groups excluding carboxylic acids is 2. The highest BCUT2D eigenvalue weighted by molar-refractivity contribution is 6.12. The van der Waals surface area contributed by atoms with E-state index in [1.165, 1.54) is 7.11 Å². The third-order valence-corrected chi connectivity index (χ3v) is 2.86. The Kier molecular flexibility index (Phi) is 4.51. The number of benzene rings is 2. The summed E-state index contributed by atoms with van der Waals surface area (Å²) in [4.78, 5) is 24.0. The molecule has 0 atom stereocenters. The number of carbonyl (C=O) groups is 2. The van der Waals surface area contributed by atoms with Gasteiger partial charge in [0, 0.05) is 6.08 Å². The molecule has 0 N–H and O–H groups in total. The fraction of sp³-hybridized carbons (Fsp3) is 0.0588. The van der Waals surface area contributed by atoms with Crippen LogP contribution in [0.5, 0.6) is 11.5 Å². The number of para-hydroxylation sites is 2. The van der Waals surface area contributed by atoms with Crippen molar-refractivity contribution in [2.24, 2.45) is 0 Å². The zero-order chi connectivity index (χ0) is 15.2. The lowest BCUT2D eigenvalue weighted by Gasteiger charge is -2.10. The van der Waals surface area contributed by atoms with Gasteiger partial charge in [-0.2, -0.15) is 0 Å². The summed E-state index contributed by atoms with van der Waals surface area (Å²) in [5.74, 6) is -0.235. The molecule has 21 heavy (non-hydrogen) atoms. The highest BCUT2D eigenvalue weighted by atomic mass is 16.5. The Morgan fingerprint density at radius 2 is 1.48 bits per heavy atom. The number of hydrogen-bond donors (Lipinski definition) is 0. The predicted molar refractivity (Wildman–Crippen MR) is 78.7 cm³/mol. The van der Waals surface area contributed by atoms with Gasteiger partial charge in [-0.3, -0.25) is 4.79 Å². The normalized spacial score (nSPS) is 9.76. The van der Waals surface area contributed by atoms with Crippen molar-refractivity contribution in [2.75, 3.05) is 7.11 Å². The van der Waals surface area contributed by atoms with Gasteiger partial charge in [-0.25, -0.2) is 4.79 Å². The van der Waals surface area contributed by atoms with E-state index in [0.717, 1.165) is 6.08 Å². The molecule has 2 aromatic carbocycles. The second-order valence-electron chi connectivity index (χ2n) is 4.15. The average molecular weight is 282 g/mol.